The van der Waals surface area contributed by atoms with E-state index in [0.717, 1.165) is 110 Å². The van der Waals surface area contributed by atoms with Gasteiger partial charge in [0.05, 0.1) is 7.11 Å². The SMILES string of the molecule is COc1ccc(C(=O)C23CCC(C(=O)c4ccc(Oc5ccc(P(=O)(c6ccccc6)c6ccc(C)cc6)cc5)cc4)(CC2)CC3)cc1.O=C(c1ccc(O)cc1)C12CCC(C(=O)c3ccc(O)cc3)(CC1)CC2. The number of ether oxygens (including phenoxy) is 2. The lowest BCUT2D eigenvalue weighted by Gasteiger charge is -2.51. The number of Topliss-reactive ketones (excluding diaryl/α,β-unsaturated/α-hetero) is 4. The topological polar surface area (TPSA) is 144 Å². The van der Waals surface area contributed by atoms with Crippen molar-refractivity contribution in [3.05, 3.63) is 204 Å². The second-order valence-corrected chi connectivity index (χ2v) is 23.9. The third kappa shape index (κ3) is 9.43. The summed E-state index contributed by atoms with van der Waals surface area (Å²) >= 11 is 0. The van der Waals surface area contributed by atoms with Crippen molar-refractivity contribution < 1.29 is 43.4 Å². The summed E-state index contributed by atoms with van der Waals surface area (Å²) in [6, 6.07) is 52.7. The van der Waals surface area contributed by atoms with Crippen LogP contribution in [0.1, 0.15) is 124 Å². The van der Waals surface area contributed by atoms with Gasteiger partial charge >= 0.3 is 0 Å². The fourth-order valence-electron chi connectivity index (χ4n) is 12.3. The number of fused-ring (bicyclic) bond motifs is 6. The molecule has 376 valence electrons. The van der Waals surface area contributed by atoms with E-state index in [-0.39, 0.29) is 50.9 Å². The molecule has 0 aliphatic heterocycles. The lowest BCUT2D eigenvalue weighted by molar-refractivity contribution is 0.00633. The standard InChI is InChI=1S/C42H39O5P.C22H22O4/c1-30-8-20-37(21-9-30)48(45,36-6-4-3-5-7-36)38-22-18-35(19-23-38)47-34-16-12-32(13-17-34)40(44)42-27-24-41(25-28-42,26-29-42)39(43)31-10-14-33(46-2)15-11-31;23-17-5-1-15(2-6-17)19(25)21-9-12-22(13-10-21,14-11-21)20(26)16-3-7-18(24)8-4-16/h3-23H,24-29H2,1-2H3;1-8,23-24H,9-14H2. The van der Waals surface area contributed by atoms with Gasteiger partial charge < -0.3 is 24.3 Å². The van der Waals surface area contributed by atoms with Crippen LogP contribution in [0.15, 0.2) is 176 Å². The normalized spacial score (nSPS) is 23.3. The number of aromatic hydroxyl groups is 2. The first kappa shape index (κ1) is 50.2. The molecule has 0 heterocycles. The van der Waals surface area contributed by atoms with E-state index in [4.69, 9.17) is 9.47 Å². The molecule has 13 rings (SSSR count). The van der Waals surface area contributed by atoms with E-state index in [9.17, 15) is 34.0 Å². The first-order chi connectivity index (χ1) is 35.7. The molecule has 10 heteroatoms. The Morgan fingerprint density at radius 3 is 0.973 bits per heavy atom. The first-order valence-corrected chi connectivity index (χ1v) is 27.4. The Morgan fingerprint density at radius 2 is 0.649 bits per heavy atom. The van der Waals surface area contributed by atoms with Crippen molar-refractivity contribution in [3.63, 3.8) is 0 Å². The number of hydrogen-bond acceptors (Lipinski definition) is 9. The largest absolute Gasteiger partial charge is 0.508 e. The lowest BCUT2D eigenvalue weighted by Crippen LogP contribution is -2.49. The highest BCUT2D eigenvalue weighted by Gasteiger charge is 2.56. The quantitative estimate of drug-likeness (QED) is 0.0803. The molecule has 0 radical (unpaired) electrons. The van der Waals surface area contributed by atoms with E-state index in [2.05, 4.69) is 0 Å². The molecule has 6 saturated carbocycles. The molecule has 0 amide bonds. The second-order valence-electron chi connectivity index (χ2n) is 21.2. The first-order valence-electron chi connectivity index (χ1n) is 25.7. The molecule has 6 aliphatic carbocycles. The third-order valence-corrected chi connectivity index (χ3v) is 20.2. The van der Waals surface area contributed by atoms with Crippen LogP contribution in [0.5, 0.6) is 28.7 Å². The second kappa shape index (κ2) is 20.2. The Labute approximate surface area is 433 Å². The predicted octanol–water partition coefficient (Wildman–Crippen LogP) is 13.3. The fraction of sp³-hybridized carbons (Fsp3) is 0.281. The van der Waals surface area contributed by atoms with E-state index in [1.807, 2.05) is 134 Å². The molecule has 0 spiro atoms. The molecule has 1 unspecified atom stereocenters. The van der Waals surface area contributed by atoms with Gasteiger partial charge in [0.15, 0.2) is 30.3 Å². The maximum absolute atomic E-state index is 14.7. The number of carbonyl (C=O) groups excluding carboxylic acids is 4. The van der Waals surface area contributed by atoms with E-state index in [1.165, 1.54) is 0 Å². The van der Waals surface area contributed by atoms with Crippen LogP contribution in [0.25, 0.3) is 0 Å². The Balaban J connectivity index is 0.000000202. The van der Waals surface area contributed by atoms with Crippen LogP contribution in [0.3, 0.4) is 0 Å². The number of carbonyl (C=O) groups is 4. The van der Waals surface area contributed by atoms with Crippen LogP contribution in [0, 0.1) is 28.6 Å². The highest BCUT2D eigenvalue weighted by molar-refractivity contribution is 7.85. The van der Waals surface area contributed by atoms with E-state index in [0.29, 0.717) is 28.2 Å². The monoisotopic (exact) mass is 1000 g/mol. The Morgan fingerprint density at radius 1 is 0.378 bits per heavy atom. The molecule has 2 N–H and O–H groups in total. The zero-order valence-corrected chi connectivity index (χ0v) is 42.8. The van der Waals surface area contributed by atoms with Crippen LogP contribution in [0.4, 0.5) is 0 Å². The molecule has 6 fully saturated rings. The summed E-state index contributed by atoms with van der Waals surface area (Å²) in [5, 5.41) is 21.2. The van der Waals surface area contributed by atoms with Crippen molar-refractivity contribution in [2.24, 2.45) is 21.7 Å². The molecule has 0 saturated heterocycles. The highest BCUT2D eigenvalue weighted by atomic mass is 31.2. The van der Waals surface area contributed by atoms with Gasteiger partial charge in [-0.3, -0.25) is 19.2 Å². The van der Waals surface area contributed by atoms with E-state index < -0.39 is 12.6 Å². The fourth-order valence-corrected chi connectivity index (χ4v) is 14.9. The number of ketones is 4. The molecule has 6 aliphatic rings. The van der Waals surface area contributed by atoms with Crippen LogP contribution in [0.2, 0.25) is 0 Å². The van der Waals surface area contributed by atoms with Gasteiger partial charge in [-0.05, 0) is 205 Å². The van der Waals surface area contributed by atoms with Crippen molar-refractivity contribution in [1.82, 2.24) is 0 Å². The molecule has 4 bridgehead atoms. The van der Waals surface area contributed by atoms with Gasteiger partial charge in [0, 0.05) is 59.8 Å². The van der Waals surface area contributed by atoms with Gasteiger partial charge in [0.2, 0.25) is 0 Å². The molecule has 7 aromatic carbocycles. The van der Waals surface area contributed by atoms with Gasteiger partial charge in [0.1, 0.15) is 28.7 Å². The maximum Gasteiger partial charge on any atom is 0.171 e. The summed E-state index contributed by atoms with van der Waals surface area (Å²) in [6.07, 6.45) is 8.80. The Kier molecular flexibility index (Phi) is 13.7. The summed E-state index contributed by atoms with van der Waals surface area (Å²) in [5.41, 5.74) is 2.27. The van der Waals surface area contributed by atoms with Crippen molar-refractivity contribution in [3.8, 4) is 28.7 Å². The zero-order chi connectivity index (χ0) is 51.7. The molecule has 9 nitrogen and oxygen atoms in total. The third-order valence-electron chi connectivity index (χ3n) is 17.1. The average molecular weight is 1010 g/mol. The summed E-state index contributed by atoms with van der Waals surface area (Å²) in [7, 11) is -1.46. The van der Waals surface area contributed by atoms with Gasteiger partial charge in [-0.2, -0.15) is 0 Å². The minimum Gasteiger partial charge on any atom is -0.508 e. The van der Waals surface area contributed by atoms with Crippen molar-refractivity contribution in [2.45, 2.75) is 84.0 Å². The summed E-state index contributed by atoms with van der Waals surface area (Å²) < 4.78 is 26.1. The number of hydrogen-bond donors (Lipinski definition) is 2. The molecule has 1 atom stereocenters. The van der Waals surface area contributed by atoms with Crippen LogP contribution < -0.4 is 25.4 Å². The number of benzene rings is 7. The van der Waals surface area contributed by atoms with Gasteiger partial charge in [0.25, 0.3) is 0 Å². The van der Waals surface area contributed by atoms with Crippen molar-refractivity contribution in [2.75, 3.05) is 7.11 Å². The highest BCUT2D eigenvalue weighted by Crippen LogP contribution is 2.60. The van der Waals surface area contributed by atoms with Crippen LogP contribution >= 0.6 is 7.14 Å². The van der Waals surface area contributed by atoms with Gasteiger partial charge in [-0.1, -0.05) is 60.2 Å². The smallest absolute Gasteiger partial charge is 0.171 e. The zero-order valence-electron chi connectivity index (χ0n) is 41.9. The lowest BCUT2D eigenvalue weighted by atomic mass is 9.50. The van der Waals surface area contributed by atoms with Gasteiger partial charge in [-0.25, -0.2) is 0 Å². The number of phenols is 2. The van der Waals surface area contributed by atoms with Gasteiger partial charge in [-0.15, -0.1) is 0 Å². The maximum atomic E-state index is 14.7. The minimum atomic E-state index is -3.08. The Hall–Kier alpha value is -7.35. The molecular formula is C64H61O9P. The number of aryl methyl sites for hydroxylation is 1. The Bertz CT molecular complexity index is 3110. The molecular weight excluding hydrogens is 944 g/mol. The predicted molar refractivity (Wildman–Crippen MR) is 289 cm³/mol. The van der Waals surface area contributed by atoms with E-state index in [1.54, 1.807) is 55.6 Å². The number of rotatable bonds is 14. The van der Waals surface area contributed by atoms with E-state index >= 15 is 0 Å². The molecule has 74 heavy (non-hydrogen) atoms. The molecule has 7 aromatic rings. The van der Waals surface area contributed by atoms with Crippen LogP contribution in [-0.4, -0.2) is 40.5 Å². The minimum absolute atomic E-state index is 0.142. The number of phenolic OH excluding ortho intramolecular Hbond substituents is 2. The molecule has 0 aromatic heterocycles. The summed E-state index contributed by atoms with van der Waals surface area (Å²) in [4.78, 5) is 53.6. The summed E-state index contributed by atoms with van der Waals surface area (Å²) in [5.74, 6) is 2.94. The van der Waals surface area contributed by atoms with Crippen molar-refractivity contribution in [1.29, 1.82) is 0 Å². The average Bonchev–Trinajstić information content (AvgIpc) is 3.46. The number of methoxy groups -OCH3 is 1. The summed E-state index contributed by atoms with van der Waals surface area (Å²) in [6.45, 7) is 2.02. The van der Waals surface area contributed by atoms with Crippen LogP contribution in [-0.2, 0) is 4.57 Å². The van der Waals surface area contributed by atoms with Crippen molar-refractivity contribution >= 4 is 46.2 Å².